The number of carbonyl (C=O) groups is 1. The predicted molar refractivity (Wildman–Crippen MR) is 82.7 cm³/mol. The second kappa shape index (κ2) is 7.00. The van der Waals surface area contributed by atoms with Crippen molar-refractivity contribution in [2.75, 3.05) is 13.7 Å². The minimum Gasteiger partial charge on any atom is -0.382 e. The Hall–Kier alpha value is -2.47. The maximum Gasteiger partial charge on any atom is 0.257 e. The molecule has 2 aromatic rings. The minimum absolute atomic E-state index is 0.102. The Bertz CT molecular complexity index is 710. The second-order valence-electron chi connectivity index (χ2n) is 5.04. The van der Waals surface area contributed by atoms with E-state index >= 15 is 0 Å². The second-order valence-corrected chi connectivity index (χ2v) is 5.04. The lowest BCUT2D eigenvalue weighted by Crippen LogP contribution is -2.35. The molecule has 0 bridgehead atoms. The molecule has 0 aromatic carbocycles. The number of pyridine rings is 2. The van der Waals surface area contributed by atoms with Gasteiger partial charge in [0.15, 0.2) is 5.43 Å². The van der Waals surface area contributed by atoms with Crippen LogP contribution in [0.2, 0.25) is 0 Å². The van der Waals surface area contributed by atoms with Crippen molar-refractivity contribution in [3.63, 3.8) is 0 Å². The Labute approximate surface area is 128 Å². The zero-order valence-corrected chi connectivity index (χ0v) is 12.9. The fourth-order valence-electron chi connectivity index (χ4n) is 2.08. The van der Waals surface area contributed by atoms with Crippen LogP contribution in [0.5, 0.6) is 0 Å². The van der Waals surface area contributed by atoms with Crippen LogP contribution in [0.3, 0.4) is 0 Å². The molecule has 1 amide bonds. The van der Waals surface area contributed by atoms with E-state index in [-0.39, 0.29) is 17.6 Å². The fraction of sp³-hybridized carbons (Fsp3) is 0.312. The van der Waals surface area contributed by atoms with E-state index in [1.54, 1.807) is 37.1 Å². The van der Waals surface area contributed by atoms with Gasteiger partial charge in [0.2, 0.25) is 0 Å². The SMILES string of the molecule is COC[C@H](NC(=O)c1cn(C)c(C)cc1=O)c1ccccn1. The number of methoxy groups -OCH3 is 1. The van der Waals surface area contributed by atoms with Crippen LogP contribution in [0.1, 0.15) is 27.8 Å². The van der Waals surface area contributed by atoms with Gasteiger partial charge in [-0.15, -0.1) is 0 Å². The van der Waals surface area contributed by atoms with E-state index < -0.39 is 11.9 Å². The van der Waals surface area contributed by atoms with Crippen LogP contribution >= 0.6 is 0 Å². The minimum atomic E-state index is -0.437. The number of hydrogen-bond acceptors (Lipinski definition) is 4. The first kappa shape index (κ1) is 15.9. The van der Waals surface area contributed by atoms with Crippen molar-refractivity contribution >= 4 is 5.91 Å². The lowest BCUT2D eigenvalue weighted by atomic mass is 10.1. The van der Waals surface area contributed by atoms with Gasteiger partial charge in [-0.3, -0.25) is 14.6 Å². The molecule has 1 N–H and O–H groups in total. The summed E-state index contributed by atoms with van der Waals surface area (Å²) in [5.41, 5.74) is 1.27. The number of aromatic nitrogens is 2. The van der Waals surface area contributed by atoms with E-state index in [2.05, 4.69) is 10.3 Å². The van der Waals surface area contributed by atoms with Gasteiger partial charge in [-0.05, 0) is 19.1 Å². The maximum absolute atomic E-state index is 12.4. The van der Waals surface area contributed by atoms with Crippen molar-refractivity contribution < 1.29 is 9.53 Å². The zero-order chi connectivity index (χ0) is 16.1. The van der Waals surface area contributed by atoms with E-state index in [0.29, 0.717) is 5.69 Å². The van der Waals surface area contributed by atoms with Gasteiger partial charge in [-0.1, -0.05) is 6.07 Å². The molecule has 0 spiro atoms. The number of nitrogens with one attached hydrogen (secondary N) is 1. The summed E-state index contributed by atoms with van der Waals surface area (Å²) in [5.74, 6) is -0.437. The highest BCUT2D eigenvalue weighted by atomic mass is 16.5. The molecule has 2 aromatic heterocycles. The molecule has 0 fully saturated rings. The Morgan fingerprint density at radius 3 is 2.86 bits per heavy atom. The Balaban J connectivity index is 2.26. The maximum atomic E-state index is 12.4. The number of ether oxygens (including phenoxy) is 1. The first-order valence-corrected chi connectivity index (χ1v) is 6.91. The largest absolute Gasteiger partial charge is 0.382 e. The van der Waals surface area contributed by atoms with Crippen molar-refractivity contribution in [3.8, 4) is 0 Å². The van der Waals surface area contributed by atoms with Crippen molar-refractivity contribution in [3.05, 3.63) is 63.8 Å². The van der Waals surface area contributed by atoms with Crippen LogP contribution in [0.15, 0.2) is 41.5 Å². The first-order chi connectivity index (χ1) is 10.5. The topological polar surface area (TPSA) is 73.2 Å². The highest BCUT2D eigenvalue weighted by Gasteiger charge is 2.19. The van der Waals surface area contributed by atoms with Gasteiger partial charge in [-0.2, -0.15) is 0 Å². The summed E-state index contributed by atoms with van der Waals surface area (Å²) in [6.07, 6.45) is 3.18. The highest BCUT2D eigenvalue weighted by Crippen LogP contribution is 2.10. The molecule has 1 atom stereocenters. The van der Waals surface area contributed by atoms with Crippen molar-refractivity contribution in [2.24, 2.45) is 7.05 Å². The summed E-state index contributed by atoms with van der Waals surface area (Å²) < 4.78 is 6.87. The number of hydrogen-bond donors (Lipinski definition) is 1. The quantitative estimate of drug-likeness (QED) is 0.901. The van der Waals surface area contributed by atoms with Gasteiger partial charge < -0.3 is 14.6 Å². The van der Waals surface area contributed by atoms with E-state index in [0.717, 1.165) is 5.69 Å². The Morgan fingerprint density at radius 2 is 2.23 bits per heavy atom. The van der Waals surface area contributed by atoms with Crippen LogP contribution in [0.25, 0.3) is 0 Å². The number of amides is 1. The summed E-state index contributed by atoms with van der Waals surface area (Å²) >= 11 is 0. The van der Waals surface area contributed by atoms with Crippen LogP contribution in [0.4, 0.5) is 0 Å². The van der Waals surface area contributed by atoms with Gasteiger partial charge in [0.1, 0.15) is 5.56 Å². The third-order valence-corrected chi connectivity index (χ3v) is 3.41. The summed E-state index contributed by atoms with van der Waals surface area (Å²) in [4.78, 5) is 28.6. The Morgan fingerprint density at radius 1 is 1.45 bits per heavy atom. The third kappa shape index (κ3) is 3.59. The lowest BCUT2D eigenvalue weighted by Gasteiger charge is -2.17. The normalized spacial score (nSPS) is 12.0. The van der Waals surface area contributed by atoms with Crippen LogP contribution in [-0.2, 0) is 11.8 Å². The summed E-state index contributed by atoms with van der Waals surface area (Å²) in [5, 5.41) is 2.80. The van der Waals surface area contributed by atoms with Gasteiger partial charge in [0.05, 0.1) is 18.3 Å². The standard InChI is InChI=1S/C16H19N3O3/c1-11-8-15(20)12(9-19(11)2)16(21)18-14(10-22-3)13-6-4-5-7-17-13/h4-9,14H,10H2,1-3H3,(H,18,21)/t14-/m0/s1. The van der Waals surface area contributed by atoms with Gasteiger partial charge in [0.25, 0.3) is 5.91 Å². The summed E-state index contributed by atoms with van der Waals surface area (Å²) in [6, 6.07) is 6.47. The van der Waals surface area contributed by atoms with Crippen molar-refractivity contribution in [2.45, 2.75) is 13.0 Å². The molecule has 116 valence electrons. The first-order valence-electron chi connectivity index (χ1n) is 6.91. The number of carbonyl (C=O) groups excluding carboxylic acids is 1. The molecule has 2 heterocycles. The Kier molecular flexibility index (Phi) is 5.06. The molecular weight excluding hydrogens is 282 g/mol. The van der Waals surface area contributed by atoms with E-state index in [1.165, 1.54) is 12.3 Å². The predicted octanol–water partition coefficient (Wildman–Crippen LogP) is 1.21. The fourth-order valence-corrected chi connectivity index (χ4v) is 2.08. The van der Waals surface area contributed by atoms with Crippen LogP contribution in [-0.4, -0.2) is 29.2 Å². The molecule has 0 aliphatic rings. The number of aryl methyl sites for hydroxylation is 2. The summed E-state index contributed by atoms with van der Waals surface area (Å²) in [7, 11) is 3.34. The average Bonchev–Trinajstić information content (AvgIpc) is 2.51. The summed E-state index contributed by atoms with van der Waals surface area (Å²) in [6.45, 7) is 2.08. The zero-order valence-electron chi connectivity index (χ0n) is 12.9. The van der Waals surface area contributed by atoms with Gasteiger partial charge >= 0.3 is 0 Å². The van der Waals surface area contributed by atoms with Crippen molar-refractivity contribution in [1.82, 2.24) is 14.9 Å². The smallest absolute Gasteiger partial charge is 0.257 e. The van der Waals surface area contributed by atoms with Gasteiger partial charge in [0, 0.05) is 38.3 Å². The third-order valence-electron chi connectivity index (χ3n) is 3.41. The van der Waals surface area contributed by atoms with Gasteiger partial charge in [-0.25, -0.2) is 0 Å². The van der Waals surface area contributed by atoms with E-state index in [9.17, 15) is 9.59 Å². The molecule has 22 heavy (non-hydrogen) atoms. The van der Waals surface area contributed by atoms with Crippen molar-refractivity contribution in [1.29, 1.82) is 0 Å². The van der Waals surface area contributed by atoms with E-state index in [1.807, 2.05) is 13.0 Å². The molecule has 0 unspecified atom stereocenters. The highest BCUT2D eigenvalue weighted by molar-refractivity contribution is 5.94. The lowest BCUT2D eigenvalue weighted by molar-refractivity contribution is 0.0892. The molecule has 0 aliphatic carbocycles. The molecule has 0 aliphatic heterocycles. The number of rotatable bonds is 5. The average molecular weight is 301 g/mol. The monoisotopic (exact) mass is 301 g/mol. The van der Waals surface area contributed by atoms with Crippen LogP contribution < -0.4 is 10.7 Å². The molecule has 6 nitrogen and oxygen atoms in total. The molecule has 0 saturated heterocycles. The molecular formula is C16H19N3O3. The van der Waals surface area contributed by atoms with E-state index in [4.69, 9.17) is 4.74 Å². The molecule has 6 heteroatoms. The molecule has 0 radical (unpaired) electrons. The molecule has 2 rings (SSSR count). The molecule has 0 saturated carbocycles. The van der Waals surface area contributed by atoms with Crippen LogP contribution in [0, 0.1) is 6.92 Å². The number of nitrogens with zero attached hydrogens (tertiary/aromatic N) is 2.